The average molecular weight is 346 g/mol. The van der Waals surface area contributed by atoms with Gasteiger partial charge in [-0.2, -0.15) is 0 Å². The molecule has 0 bridgehead atoms. The van der Waals surface area contributed by atoms with Crippen molar-refractivity contribution >= 4 is 24.4 Å². The minimum absolute atomic E-state index is 0.00488. The Morgan fingerprint density at radius 1 is 1.20 bits per heavy atom. The van der Waals surface area contributed by atoms with Crippen LogP contribution in [-0.4, -0.2) is 49.5 Å². The third kappa shape index (κ3) is 3.53. The van der Waals surface area contributed by atoms with Crippen LogP contribution in [0.5, 0.6) is 0 Å². The Morgan fingerprint density at radius 3 is 2.28 bits per heavy atom. The molecule has 1 aromatic rings. The monoisotopic (exact) mass is 346 g/mol. The number of piperidine rings is 1. The number of rotatable bonds is 3. The number of pyridine rings is 1. The molecule has 6 nitrogen and oxygen atoms in total. The van der Waals surface area contributed by atoms with Gasteiger partial charge in [0.1, 0.15) is 5.82 Å². The Balaban J connectivity index is 1.63. The number of hydrogen-bond donors (Lipinski definition) is 0. The van der Waals surface area contributed by atoms with Crippen molar-refractivity contribution in [3.63, 3.8) is 0 Å². The van der Waals surface area contributed by atoms with Crippen molar-refractivity contribution in [3.05, 3.63) is 18.3 Å². The largest absolute Gasteiger partial charge is 0.496 e. The van der Waals surface area contributed by atoms with E-state index in [0.717, 1.165) is 37.2 Å². The summed E-state index contributed by atoms with van der Waals surface area (Å²) in [7, 11) is 1.06. The highest BCUT2D eigenvalue weighted by Gasteiger charge is 2.51. The highest BCUT2D eigenvalue weighted by atomic mass is 16.7. The normalized spacial score (nSPS) is 22.9. The topological polar surface area (TPSA) is 60.9 Å². The predicted octanol–water partition coefficient (Wildman–Crippen LogP) is 1.77. The maximum absolute atomic E-state index is 11.6. The van der Waals surface area contributed by atoms with Crippen LogP contribution in [0, 0.1) is 5.92 Å². The second-order valence-electron chi connectivity index (χ2n) is 7.82. The van der Waals surface area contributed by atoms with Gasteiger partial charge < -0.3 is 18.9 Å². The molecule has 136 valence electrons. The van der Waals surface area contributed by atoms with Gasteiger partial charge in [-0.05, 0) is 46.6 Å². The van der Waals surface area contributed by atoms with Gasteiger partial charge >= 0.3 is 13.1 Å². The summed E-state index contributed by atoms with van der Waals surface area (Å²) in [5.74, 6) is 0.817. The molecule has 3 rings (SSSR count). The fraction of sp³-hybridized carbons (Fsp3) is 0.667. The summed E-state index contributed by atoms with van der Waals surface area (Å²) in [6.07, 6.45) is 3.42. The molecule has 1 aromatic heterocycles. The average Bonchev–Trinajstić information content (AvgIpc) is 2.82. The zero-order valence-electron chi connectivity index (χ0n) is 15.7. The van der Waals surface area contributed by atoms with Gasteiger partial charge in [0.15, 0.2) is 0 Å². The quantitative estimate of drug-likeness (QED) is 0.614. The zero-order valence-corrected chi connectivity index (χ0v) is 15.7. The van der Waals surface area contributed by atoms with Crippen molar-refractivity contribution in [2.45, 2.75) is 51.7 Å². The lowest BCUT2D eigenvalue weighted by Crippen LogP contribution is -2.41. The van der Waals surface area contributed by atoms with Crippen LogP contribution in [0.3, 0.4) is 0 Å². The Bertz CT molecular complexity index is 608. The third-order valence-corrected chi connectivity index (χ3v) is 5.65. The number of hydrogen-bond acceptors (Lipinski definition) is 6. The summed E-state index contributed by atoms with van der Waals surface area (Å²) in [6.45, 7) is 9.78. The first-order valence-corrected chi connectivity index (χ1v) is 8.88. The van der Waals surface area contributed by atoms with Gasteiger partial charge in [-0.15, -0.1) is 0 Å². The van der Waals surface area contributed by atoms with Crippen LogP contribution >= 0.6 is 0 Å². The van der Waals surface area contributed by atoms with Gasteiger partial charge in [-0.3, -0.25) is 4.79 Å². The fourth-order valence-corrected chi connectivity index (χ4v) is 3.21. The van der Waals surface area contributed by atoms with Crippen molar-refractivity contribution in [3.8, 4) is 0 Å². The maximum atomic E-state index is 11.6. The smallest absolute Gasteiger partial charge is 0.469 e. The maximum Gasteiger partial charge on any atom is 0.496 e. The Labute approximate surface area is 150 Å². The Kier molecular flexibility index (Phi) is 4.81. The van der Waals surface area contributed by atoms with Crippen LogP contribution in [0.2, 0.25) is 0 Å². The molecule has 0 radical (unpaired) electrons. The van der Waals surface area contributed by atoms with Crippen molar-refractivity contribution in [2.75, 3.05) is 25.1 Å². The van der Waals surface area contributed by atoms with Crippen LogP contribution in [0.4, 0.5) is 5.82 Å². The molecule has 0 aliphatic carbocycles. The summed E-state index contributed by atoms with van der Waals surface area (Å²) in [6, 6.07) is 4.01. The van der Waals surface area contributed by atoms with Crippen LogP contribution in [-0.2, 0) is 18.8 Å². The number of methoxy groups -OCH3 is 1. The molecule has 2 aliphatic heterocycles. The number of aromatic nitrogens is 1. The van der Waals surface area contributed by atoms with E-state index in [0.29, 0.717) is 0 Å². The van der Waals surface area contributed by atoms with E-state index in [1.54, 1.807) is 0 Å². The summed E-state index contributed by atoms with van der Waals surface area (Å²) in [5, 5.41) is 0. The van der Waals surface area contributed by atoms with E-state index in [1.165, 1.54) is 7.11 Å². The van der Waals surface area contributed by atoms with Gasteiger partial charge in [-0.1, -0.05) is 6.07 Å². The molecule has 0 amide bonds. The molecule has 2 fully saturated rings. The van der Waals surface area contributed by atoms with Gasteiger partial charge in [0.05, 0.1) is 24.2 Å². The van der Waals surface area contributed by atoms with Gasteiger partial charge in [0.2, 0.25) is 0 Å². The highest BCUT2D eigenvalue weighted by Crippen LogP contribution is 2.36. The number of ether oxygens (including phenoxy) is 1. The van der Waals surface area contributed by atoms with Crippen LogP contribution in [0.25, 0.3) is 0 Å². The molecular formula is C18H27BN2O4. The second kappa shape index (κ2) is 6.61. The lowest BCUT2D eigenvalue weighted by Gasteiger charge is -2.32. The van der Waals surface area contributed by atoms with E-state index in [-0.39, 0.29) is 23.1 Å². The number of nitrogens with zero attached hydrogens (tertiary/aromatic N) is 2. The molecule has 2 aliphatic rings. The predicted molar refractivity (Wildman–Crippen MR) is 96.9 cm³/mol. The van der Waals surface area contributed by atoms with E-state index in [1.807, 2.05) is 46.0 Å². The molecule has 0 saturated carbocycles. The molecular weight excluding hydrogens is 319 g/mol. The Hall–Kier alpha value is -1.60. The Morgan fingerprint density at radius 2 is 1.80 bits per heavy atom. The number of carbonyl (C=O) groups excluding carboxylic acids is 1. The van der Waals surface area contributed by atoms with Gasteiger partial charge in [0.25, 0.3) is 0 Å². The molecule has 0 aromatic carbocycles. The molecule has 0 N–H and O–H groups in total. The molecule has 0 spiro atoms. The van der Waals surface area contributed by atoms with E-state index >= 15 is 0 Å². The van der Waals surface area contributed by atoms with Crippen molar-refractivity contribution in [1.29, 1.82) is 0 Å². The standard InChI is InChI=1S/C18H27BN2O4/c1-17(2)18(3,4)25-19(24-17)14-6-7-15(20-12-14)21-10-8-13(9-11-21)16(22)23-5/h6-7,12-13H,8-11H2,1-5H3. The highest BCUT2D eigenvalue weighted by molar-refractivity contribution is 6.62. The van der Waals surface area contributed by atoms with E-state index in [2.05, 4.69) is 9.88 Å². The van der Waals surface area contributed by atoms with Crippen LogP contribution in [0.1, 0.15) is 40.5 Å². The molecule has 7 heteroatoms. The van der Waals surface area contributed by atoms with E-state index in [9.17, 15) is 4.79 Å². The zero-order chi connectivity index (χ0) is 18.2. The molecule has 2 saturated heterocycles. The summed E-state index contributed by atoms with van der Waals surface area (Å²) in [5.41, 5.74) is 0.213. The SMILES string of the molecule is COC(=O)C1CCN(c2ccc(B3OC(C)(C)C(C)(C)O3)cn2)CC1. The van der Waals surface area contributed by atoms with Crippen LogP contribution in [0.15, 0.2) is 18.3 Å². The molecule has 25 heavy (non-hydrogen) atoms. The first-order chi connectivity index (χ1) is 11.7. The molecule has 0 unspecified atom stereocenters. The van der Waals surface area contributed by atoms with E-state index < -0.39 is 7.12 Å². The van der Waals surface area contributed by atoms with Crippen molar-refractivity contribution in [1.82, 2.24) is 4.98 Å². The molecule has 0 atom stereocenters. The minimum atomic E-state index is -0.392. The lowest BCUT2D eigenvalue weighted by atomic mass is 9.80. The van der Waals surface area contributed by atoms with Gasteiger partial charge in [-0.25, -0.2) is 4.98 Å². The molecule has 3 heterocycles. The number of anilines is 1. The van der Waals surface area contributed by atoms with Crippen molar-refractivity contribution in [2.24, 2.45) is 5.92 Å². The summed E-state index contributed by atoms with van der Waals surface area (Å²) < 4.78 is 17.0. The summed E-state index contributed by atoms with van der Waals surface area (Å²) in [4.78, 5) is 18.4. The van der Waals surface area contributed by atoms with Crippen molar-refractivity contribution < 1.29 is 18.8 Å². The van der Waals surface area contributed by atoms with Crippen LogP contribution < -0.4 is 10.4 Å². The number of carbonyl (C=O) groups is 1. The lowest BCUT2D eigenvalue weighted by molar-refractivity contribution is -0.146. The van der Waals surface area contributed by atoms with E-state index in [4.69, 9.17) is 14.0 Å². The summed E-state index contributed by atoms with van der Waals surface area (Å²) >= 11 is 0. The number of esters is 1. The minimum Gasteiger partial charge on any atom is -0.469 e. The third-order valence-electron chi connectivity index (χ3n) is 5.65. The van der Waals surface area contributed by atoms with Gasteiger partial charge in [0, 0.05) is 24.7 Å². The second-order valence-corrected chi connectivity index (χ2v) is 7.82. The fourth-order valence-electron chi connectivity index (χ4n) is 3.21. The first-order valence-electron chi connectivity index (χ1n) is 8.88. The first kappa shape index (κ1) is 18.2.